The van der Waals surface area contributed by atoms with E-state index in [2.05, 4.69) is 0 Å². The van der Waals surface area contributed by atoms with Crippen LogP contribution < -0.4 is 0 Å². The first kappa shape index (κ1) is 9.49. The summed E-state index contributed by atoms with van der Waals surface area (Å²) in [7, 11) is 0. The van der Waals surface area contributed by atoms with Crippen molar-refractivity contribution in [1.29, 1.82) is 0 Å². The predicted octanol–water partition coefficient (Wildman–Crippen LogP) is -0.170. The standard InChI is InChI=1S/CHO2.Cd.Te/c2-1-3;;/h(H,2,3);;/q;+2;-2. The minimum absolute atomic E-state index is 0. The summed E-state index contributed by atoms with van der Waals surface area (Å²) in [5.74, 6) is 0. The van der Waals surface area contributed by atoms with E-state index < -0.39 is 3.53 Å². The predicted molar refractivity (Wildman–Crippen MR) is 13.8 cm³/mol. The van der Waals surface area contributed by atoms with Crippen LogP contribution >= 0.6 is 0 Å². The average Bonchev–Trinajstić information content (AvgIpc) is 0.811. The van der Waals surface area contributed by atoms with E-state index in [-0.39, 0.29) is 49.4 Å². The molecule has 0 aromatic rings. The van der Waals surface area contributed by atoms with Crippen LogP contribution in [0.4, 0.5) is 4.79 Å². The van der Waals surface area contributed by atoms with Gasteiger partial charge >= 0.3 is 39.2 Å². The molecule has 5 heavy (non-hydrogen) atoms. The normalized spacial score (nSPS) is 5.20. The Morgan fingerprint density at radius 1 is 1.80 bits per heavy atom. The number of hydrogen-bond donors (Lipinski definition) is 1. The molecule has 0 heterocycles. The van der Waals surface area contributed by atoms with Gasteiger partial charge in [0.25, 0.3) is 0 Å². The van der Waals surface area contributed by atoms with Crippen molar-refractivity contribution in [2.24, 2.45) is 0 Å². The molecule has 0 saturated carbocycles. The molecule has 0 radical (unpaired) electrons. The molecule has 0 bridgehead atoms. The third-order valence-electron chi connectivity index (χ3n) is 0. The molecule has 0 fully saturated rings. The van der Waals surface area contributed by atoms with Gasteiger partial charge in [-0.3, -0.25) is 0 Å². The van der Waals surface area contributed by atoms with Crippen molar-refractivity contribution in [3.8, 4) is 0 Å². The van der Waals surface area contributed by atoms with Crippen molar-refractivity contribution < 1.29 is 35.7 Å². The maximum atomic E-state index is 9.08. The zero-order chi connectivity index (χ0) is 3.58. The van der Waals surface area contributed by atoms with E-state index in [1.54, 1.807) is 0 Å². The van der Waals surface area contributed by atoms with Gasteiger partial charge in [0.2, 0.25) is 0 Å². The van der Waals surface area contributed by atoms with Crippen molar-refractivity contribution >= 4 is 27.2 Å². The molecule has 0 atom stereocenters. The van der Waals surface area contributed by atoms with E-state index in [1.807, 2.05) is 0 Å². The Labute approximate surface area is 62.4 Å². The van der Waals surface area contributed by atoms with Gasteiger partial charge in [-0.15, -0.1) is 0 Å². The van der Waals surface area contributed by atoms with Gasteiger partial charge in [0.05, 0.1) is 0 Å². The topological polar surface area (TPSA) is 37.3 Å². The molecule has 0 aliphatic carbocycles. The second-order valence-electron chi connectivity index (χ2n) is 0.394. The quantitative estimate of drug-likeness (QED) is 0.627. The van der Waals surface area contributed by atoms with Crippen LogP contribution in [0.5, 0.6) is 0 Å². The fourth-order valence-corrected chi connectivity index (χ4v) is 0. The molecule has 0 aromatic heterocycles. The monoisotopic (exact) mass is 289 g/mol. The molecule has 0 aromatic carbocycles. The van der Waals surface area contributed by atoms with Crippen molar-refractivity contribution in [3.63, 3.8) is 0 Å². The Morgan fingerprint density at radius 3 is 1.80 bits per heavy atom. The largest absolute Gasteiger partial charge is 2.00 e. The van der Waals surface area contributed by atoms with Gasteiger partial charge in [-0.25, -0.2) is 0 Å². The van der Waals surface area contributed by atoms with Gasteiger partial charge in [0, 0.05) is 0 Å². The number of hydrogen-bond acceptors (Lipinski definition) is 1. The third-order valence-corrected chi connectivity index (χ3v) is 0. The zero-order valence-electron chi connectivity index (χ0n) is 2.47. The molecule has 0 amide bonds. The third kappa shape index (κ3) is 37.6. The molecular formula is CHCdO2Te. The van der Waals surface area contributed by atoms with E-state index >= 15 is 0 Å². The van der Waals surface area contributed by atoms with E-state index in [0.717, 1.165) is 0 Å². The van der Waals surface area contributed by atoms with Crippen LogP contribution in [-0.2, 0) is 25.8 Å². The molecule has 0 unspecified atom stereocenters. The van der Waals surface area contributed by atoms with E-state index in [1.165, 1.54) is 0 Å². The number of carbonyl (C=O) groups is 1. The molecule has 0 aliphatic rings. The fraction of sp³-hybridized carbons (Fsp3) is 0. The van der Waals surface area contributed by atoms with Gasteiger partial charge in [-0.1, -0.05) is 0 Å². The molecule has 25 valence electrons. The first-order valence-electron chi connectivity index (χ1n) is 0.781. The summed E-state index contributed by atoms with van der Waals surface area (Å²) in [5, 5.41) is 7.49. The Balaban J connectivity index is 0. The molecule has 0 spiro atoms. The molecule has 4 heteroatoms. The Morgan fingerprint density at radius 2 is 1.80 bits per heavy atom. The van der Waals surface area contributed by atoms with E-state index in [9.17, 15) is 0 Å². The fourth-order valence-electron chi connectivity index (χ4n) is 0. The molecular weight excluding hydrogens is 284 g/mol. The Bertz CT molecular complexity index is 32.6. The minimum atomic E-state index is -0.663. The first-order chi connectivity index (χ1) is 1.73. The van der Waals surface area contributed by atoms with Crippen LogP contribution in [0, 0.1) is 0 Å². The second kappa shape index (κ2) is 5.18. The summed E-state index contributed by atoms with van der Waals surface area (Å²) in [6.07, 6.45) is 0. The van der Waals surface area contributed by atoms with Crippen molar-refractivity contribution in [3.05, 3.63) is 0 Å². The number of carboxylic acid groups (broad SMARTS) is 1. The Hall–Kier alpha value is 1.18. The van der Waals surface area contributed by atoms with Crippen LogP contribution in [-0.4, -0.2) is 32.3 Å². The van der Waals surface area contributed by atoms with Crippen LogP contribution in [0.1, 0.15) is 0 Å². The first-order valence-corrected chi connectivity index (χ1v) is 2.80. The van der Waals surface area contributed by atoms with Gasteiger partial charge in [-0.05, 0) is 0 Å². The molecule has 0 saturated heterocycles. The smallest absolute Gasteiger partial charge is 2.00 e. The van der Waals surface area contributed by atoms with Gasteiger partial charge < -0.3 is 23.7 Å². The van der Waals surface area contributed by atoms with Gasteiger partial charge in [-0.2, -0.15) is 0 Å². The van der Waals surface area contributed by atoms with Crippen LogP contribution in [0.2, 0.25) is 0 Å². The summed E-state index contributed by atoms with van der Waals surface area (Å²) in [6, 6.07) is 0. The minimum Gasteiger partial charge on any atom is -2.00 e. The van der Waals surface area contributed by atoms with Crippen LogP contribution in [0.15, 0.2) is 0 Å². The molecule has 1 N–H and O–H groups in total. The van der Waals surface area contributed by atoms with E-state index in [0.29, 0.717) is 0 Å². The zero-order valence-corrected chi connectivity index (χ0v) is 8.84. The molecule has 0 rings (SSSR count). The van der Waals surface area contributed by atoms with Gasteiger partial charge in [0.1, 0.15) is 0 Å². The summed E-state index contributed by atoms with van der Waals surface area (Å²) in [5.41, 5.74) is 0. The van der Waals surface area contributed by atoms with Crippen LogP contribution in [0.3, 0.4) is 0 Å². The van der Waals surface area contributed by atoms with Crippen molar-refractivity contribution in [2.45, 2.75) is 0 Å². The maximum Gasteiger partial charge on any atom is -2.00 e. The Kier molecular flexibility index (Phi) is 9.84. The second-order valence-corrected chi connectivity index (χ2v) is 2.12. The average molecular weight is 285 g/mol. The summed E-state index contributed by atoms with van der Waals surface area (Å²) < 4.78 is -0.663. The summed E-state index contributed by atoms with van der Waals surface area (Å²) >= 11 is 0.0822. The maximum absolute atomic E-state index is 9.08. The van der Waals surface area contributed by atoms with Crippen LogP contribution in [0.25, 0.3) is 0 Å². The summed E-state index contributed by atoms with van der Waals surface area (Å²) in [6.45, 7) is 0. The SMILES string of the molecule is O=[C](O)[Cd+2].[Te-2]. The van der Waals surface area contributed by atoms with Crippen molar-refractivity contribution in [1.82, 2.24) is 0 Å². The van der Waals surface area contributed by atoms with Crippen molar-refractivity contribution in [2.75, 3.05) is 0 Å². The molecule has 0 aliphatic heterocycles. The van der Waals surface area contributed by atoms with E-state index in [4.69, 9.17) is 9.90 Å². The molecule has 2 nitrogen and oxygen atoms in total. The number of rotatable bonds is 0. The summed E-state index contributed by atoms with van der Waals surface area (Å²) in [4.78, 5) is 9.08. The van der Waals surface area contributed by atoms with Gasteiger partial charge in [0.15, 0.2) is 0 Å².